The molecule has 1 saturated carbocycles. The predicted octanol–water partition coefficient (Wildman–Crippen LogP) is 3.83. The zero-order valence-electron chi connectivity index (χ0n) is 9.80. The Bertz CT molecular complexity index is 392. The second-order valence-corrected chi connectivity index (χ2v) is 5.45. The van der Waals surface area contributed by atoms with Gasteiger partial charge in [-0.2, -0.15) is 0 Å². The van der Waals surface area contributed by atoms with Gasteiger partial charge in [0, 0.05) is 17.9 Å². The van der Waals surface area contributed by atoms with Gasteiger partial charge in [0.1, 0.15) is 5.03 Å². The van der Waals surface area contributed by atoms with Crippen molar-refractivity contribution in [2.24, 2.45) is 0 Å². The minimum atomic E-state index is -0.625. The molecule has 5 heteroatoms. The predicted molar refractivity (Wildman–Crippen MR) is 66.4 cm³/mol. The fourth-order valence-electron chi connectivity index (χ4n) is 1.99. The second kappa shape index (κ2) is 5.67. The summed E-state index contributed by atoms with van der Waals surface area (Å²) in [5.41, 5.74) is 0. The van der Waals surface area contributed by atoms with Gasteiger partial charge in [-0.15, -0.1) is 0 Å². The van der Waals surface area contributed by atoms with Crippen LogP contribution < -0.4 is 5.32 Å². The molecule has 0 aliphatic heterocycles. The first kappa shape index (κ1) is 12.6. The van der Waals surface area contributed by atoms with Crippen molar-refractivity contribution in [1.82, 2.24) is 4.98 Å². The zero-order valence-corrected chi connectivity index (χ0v) is 10.6. The lowest BCUT2D eigenvalue weighted by Gasteiger charge is -2.11. The fraction of sp³-hybridized carbons (Fsp3) is 0.583. The summed E-state index contributed by atoms with van der Waals surface area (Å²) in [6.07, 6.45) is 4.58. The Balaban J connectivity index is 2.16. The summed E-state index contributed by atoms with van der Waals surface area (Å²) < 4.78 is 26.9. The maximum Gasteiger partial charge on any atom is 0.168 e. The highest BCUT2D eigenvalue weighted by molar-refractivity contribution is 7.99. The molecular formula is C12H16F2N2S. The van der Waals surface area contributed by atoms with Crippen LogP contribution in [0.15, 0.2) is 11.1 Å². The molecule has 0 amide bonds. The van der Waals surface area contributed by atoms with Crippen molar-refractivity contribution in [1.29, 1.82) is 0 Å². The molecule has 0 spiro atoms. The lowest BCUT2D eigenvalue weighted by molar-refractivity contribution is 0.550. The summed E-state index contributed by atoms with van der Waals surface area (Å²) in [4.78, 5) is 4.03. The van der Waals surface area contributed by atoms with Gasteiger partial charge in [-0.3, -0.25) is 0 Å². The molecule has 1 aliphatic carbocycles. The van der Waals surface area contributed by atoms with E-state index < -0.39 is 11.6 Å². The molecule has 1 heterocycles. The summed E-state index contributed by atoms with van der Waals surface area (Å²) in [6.45, 7) is 2.43. The van der Waals surface area contributed by atoms with E-state index in [1.165, 1.54) is 24.6 Å². The number of hydrogen-bond acceptors (Lipinski definition) is 3. The Kier molecular flexibility index (Phi) is 4.20. The minimum Gasteiger partial charge on any atom is -0.368 e. The van der Waals surface area contributed by atoms with E-state index >= 15 is 0 Å². The van der Waals surface area contributed by atoms with Crippen molar-refractivity contribution in [2.75, 3.05) is 11.9 Å². The van der Waals surface area contributed by atoms with Crippen molar-refractivity contribution < 1.29 is 8.78 Å². The van der Waals surface area contributed by atoms with Crippen LogP contribution in [0.2, 0.25) is 0 Å². The molecule has 0 bridgehead atoms. The van der Waals surface area contributed by atoms with Gasteiger partial charge in [0.05, 0.1) is 0 Å². The molecule has 17 heavy (non-hydrogen) atoms. The number of nitrogens with zero attached hydrogens (tertiary/aromatic N) is 1. The van der Waals surface area contributed by atoms with E-state index in [0.29, 0.717) is 16.8 Å². The van der Waals surface area contributed by atoms with Gasteiger partial charge in [-0.25, -0.2) is 13.8 Å². The Hall–Kier alpha value is -0.840. The molecule has 2 rings (SSSR count). The number of halogens is 2. The van der Waals surface area contributed by atoms with Crippen molar-refractivity contribution in [3.63, 3.8) is 0 Å². The van der Waals surface area contributed by atoms with Gasteiger partial charge in [0.2, 0.25) is 0 Å². The SMILES string of the molecule is CCNc1nc(SC2CCCC2)c(F)cc1F. The van der Waals surface area contributed by atoms with E-state index in [9.17, 15) is 8.78 Å². The number of thioether (sulfide) groups is 1. The van der Waals surface area contributed by atoms with Crippen LogP contribution in [-0.2, 0) is 0 Å². The number of hydrogen-bond donors (Lipinski definition) is 1. The first-order chi connectivity index (χ1) is 8.20. The van der Waals surface area contributed by atoms with Gasteiger partial charge in [0.25, 0.3) is 0 Å². The van der Waals surface area contributed by atoms with E-state index in [4.69, 9.17) is 0 Å². The second-order valence-electron chi connectivity index (χ2n) is 4.16. The quantitative estimate of drug-likeness (QED) is 0.888. The Morgan fingerprint density at radius 2 is 2.06 bits per heavy atom. The lowest BCUT2D eigenvalue weighted by atomic mass is 10.4. The molecule has 94 valence electrons. The molecule has 0 aromatic carbocycles. The van der Waals surface area contributed by atoms with Crippen LogP contribution in [0.3, 0.4) is 0 Å². The van der Waals surface area contributed by atoms with Crippen LogP contribution >= 0.6 is 11.8 Å². The van der Waals surface area contributed by atoms with Crippen LogP contribution in [0, 0.1) is 11.6 Å². The molecule has 1 fully saturated rings. The molecule has 0 radical (unpaired) electrons. The van der Waals surface area contributed by atoms with Gasteiger partial charge in [-0.1, -0.05) is 24.6 Å². The first-order valence-electron chi connectivity index (χ1n) is 5.97. The molecular weight excluding hydrogens is 242 g/mol. The Morgan fingerprint density at radius 1 is 1.35 bits per heavy atom. The topological polar surface area (TPSA) is 24.9 Å². The third-order valence-electron chi connectivity index (χ3n) is 2.82. The fourth-order valence-corrected chi connectivity index (χ4v) is 3.19. The number of anilines is 1. The maximum absolute atomic E-state index is 13.6. The summed E-state index contributed by atoms with van der Waals surface area (Å²) in [5.74, 6) is -1.03. The summed E-state index contributed by atoms with van der Waals surface area (Å²) >= 11 is 1.43. The number of nitrogens with one attached hydrogen (secondary N) is 1. The molecule has 0 saturated heterocycles. The first-order valence-corrected chi connectivity index (χ1v) is 6.85. The molecule has 1 N–H and O–H groups in total. The molecule has 0 atom stereocenters. The molecule has 1 aliphatic rings. The highest BCUT2D eigenvalue weighted by Gasteiger charge is 2.20. The summed E-state index contributed by atoms with van der Waals surface area (Å²) in [7, 11) is 0. The van der Waals surface area contributed by atoms with E-state index in [0.717, 1.165) is 18.9 Å². The lowest BCUT2D eigenvalue weighted by Crippen LogP contribution is -2.05. The number of pyridine rings is 1. The number of rotatable bonds is 4. The van der Waals surface area contributed by atoms with Gasteiger partial charge < -0.3 is 5.32 Å². The van der Waals surface area contributed by atoms with E-state index in [1.807, 2.05) is 6.92 Å². The maximum atomic E-state index is 13.6. The van der Waals surface area contributed by atoms with Crippen molar-refractivity contribution in [3.05, 3.63) is 17.7 Å². The van der Waals surface area contributed by atoms with Crippen LogP contribution in [0.4, 0.5) is 14.6 Å². The summed E-state index contributed by atoms with van der Waals surface area (Å²) in [6, 6.07) is 0.919. The molecule has 1 aromatic rings. The van der Waals surface area contributed by atoms with E-state index in [1.54, 1.807) is 0 Å². The third-order valence-corrected chi connectivity index (χ3v) is 4.14. The minimum absolute atomic E-state index is 0.148. The molecule has 2 nitrogen and oxygen atoms in total. The monoisotopic (exact) mass is 258 g/mol. The van der Waals surface area contributed by atoms with Crippen molar-refractivity contribution in [2.45, 2.75) is 42.9 Å². The van der Waals surface area contributed by atoms with Crippen LogP contribution in [0.1, 0.15) is 32.6 Å². The van der Waals surface area contributed by atoms with Crippen LogP contribution in [-0.4, -0.2) is 16.8 Å². The zero-order chi connectivity index (χ0) is 12.3. The highest BCUT2D eigenvalue weighted by Crippen LogP contribution is 2.35. The van der Waals surface area contributed by atoms with Gasteiger partial charge in [0.15, 0.2) is 17.5 Å². The average molecular weight is 258 g/mol. The van der Waals surface area contributed by atoms with Crippen molar-refractivity contribution >= 4 is 17.6 Å². The third kappa shape index (κ3) is 3.09. The normalized spacial score (nSPS) is 16.4. The van der Waals surface area contributed by atoms with E-state index in [2.05, 4.69) is 10.3 Å². The largest absolute Gasteiger partial charge is 0.368 e. The van der Waals surface area contributed by atoms with E-state index in [-0.39, 0.29) is 5.82 Å². The Morgan fingerprint density at radius 3 is 2.71 bits per heavy atom. The van der Waals surface area contributed by atoms with Gasteiger partial charge >= 0.3 is 0 Å². The standard InChI is InChI=1S/C12H16F2N2S/c1-2-15-11-9(13)7-10(14)12(16-11)17-8-5-3-4-6-8/h7-8H,2-6H2,1H3,(H,15,16). The Labute approximate surface area is 104 Å². The van der Waals surface area contributed by atoms with Crippen LogP contribution in [0.25, 0.3) is 0 Å². The summed E-state index contributed by atoms with van der Waals surface area (Å²) in [5, 5.41) is 3.54. The van der Waals surface area contributed by atoms with Gasteiger partial charge in [-0.05, 0) is 19.8 Å². The van der Waals surface area contributed by atoms with Crippen molar-refractivity contribution in [3.8, 4) is 0 Å². The average Bonchev–Trinajstić information content (AvgIpc) is 2.78. The molecule has 1 aromatic heterocycles. The number of aromatic nitrogens is 1. The highest BCUT2D eigenvalue weighted by atomic mass is 32.2. The molecule has 0 unspecified atom stereocenters. The smallest absolute Gasteiger partial charge is 0.168 e. The van der Waals surface area contributed by atoms with Crippen LogP contribution in [0.5, 0.6) is 0 Å².